The lowest BCUT2D eigenvalue weighted by atomic mass is 10.0. The van der Waals surface area contributed by atoms with E-state index in [-0.39, 0.29) is 0 Å². The van der Waals surface area contributed by atoms with Crippen molar-refractivity contribution < 1.29 is 0 Å². The molecular weight excluding hydrogens is 260 g/mol. The summed E-state index contributed by atoms with van der Waals surface area (Å²) in [5.41, 5.74) is 2.63. The van der Waals surface area contributed by atoms with Crippen LogP contribution >= 0.6 is 0 Å². The van der Waals surface area contributed by atoms with Crippen LogP contribution in [0.2, 0.25) is 0 Å². The smallest absolute Gasteiger partial charge is 0.0492 e. The summed E-state index contributed by atoms with van der Waals surface area (Å²) in [6.45, 7) is 3.30. The van der Waals surface area contributed by atoms with Gasteiger partial charge in [0.25, 0.3) is 0 Å². The van der Waals surface area contributed by atoms with E-state index in [4.69, 9.17) is 0 Å². The summed E-state index contributed by atoms with van der Waals surface area (Å²) in [7, 11) is 2.01. The van der Waals surface area contributed by atoms with Gasteiger partial charge in [-0.15, -0.1) is 0 Å². The molecule has 114 valence electrons. The maximum atomic E-state index is 4.24. The van der Waals surface area contributed by atoms with E-state index in [0.29, 0.717) is 6.04 Å². The van der Waals surface area contributed by atoms with Gasteiger partial charge in [-0.05, 0) is 56.3 Å². The van der Waals surface area contributed by atoms with Crippen molar-refractivity contribution in [2.24, 2.45) is 7.05 Å². The number of rotatable bonds is 9. The van der Waals surface area contributed by atoms with E-state index >= 15 is 0 Å². The highest BCUT2D eigenvalue weighted by Gasteiger charge is 2.10. The molecule has 1 atom stereocenters. The molecule has 2 aromatic heterocycles. The monoisotopic (exact) mass is 286 g/mol. The summed E-state index contributed by atoms with van der Waals surface area (Å²) >= 11 is 0. The second-order valence-electron chi connectivity index (χ2n) is 5.54. The molecule has 1 N–H and O–H groups in total. The molecule has 0 aromatic carbocycles. The van der Waals surface area contributed by atoms with Gasteiger partial charge in [0.2, 0.25) is 0 Å². The average molecular weight is 286 g/mol. The van der Waals surface area contributed by atoms with Gasteiger partial charge in [-0.2, -0.15) is 5.10 Å². The molecule has 0 amide bonds. The summed E-state index contributed by atoms with van der Waals surface area (Å²) in [6, 6.07) is 6.84. The van der Waals surface area contributed by atoms with Crippen molar-refractivity contribution in [1.29, 1.82) is 0 Å². The minimum atomic E-state index is 0.556. The largest absolute Gasteiger partial charge is 0.314 e. The van der Waals surface area contributed by atoms with Gasteiger partial charge in [0.05, 0.1) is 0 Å². The molecule has 0 spiro atoms. The lowest BCUT2D eigenvalue weighted by molar-refractivity contribution is 0.448. The summed E-state index contributed by atoms with van der Waals surface area (Å²) in [6.07, 6.45) is 11.3. The average Bonchev–Trinajstić information content (AvgIpc) is 2.93. The van der Waals surface area contributed by atoms with Crippen molar-refractivity contribution in [1.82, 2.24) is 20.1 Å². The van der Waals surface area contributed by atoms with Crippen molar-refractivity contribution in [3.63, 3.8) is 0 Å². The number of nitrogens with one attached hydrogen (secondary N) is 1. The first kappa shape index (κ1) is 15.7. The quantitative estimate of drug-likeness (QED) is 0.771. The maximum absolute atomic E-state index is 4.24. The van der Waals surface area contributed by atoms with Crippen LogP contribution in [0.25, 0.3) is 0 Å². The van der Waals surface area contributed by atoms with Crippen molar-refractivity contribution in [3.8, 4) is 0 Å². The Morgan fingerprint density at radius 1 is 1.19 bits per heavy atom. The second-order valence-corrected chi connectivity index (χ2v) is 5.54. The highest BCUT2D eigenvalue weighted by molar-refractivity contribution is 5.08. The molecule has 2 heterocycles. The Kier molecular flexibility index (Phi) is 6.41. The van der Waals surface area contributed by atoms with Gasteiger partial charge in [0, 0.05) is 37.4 Å². The molecule has 0 fully saturated rings. The lowest BCUT2D eigenvalue weighted by Crippen LogP contribution is -2.31. The molecule has 4 heteroatoms. The first-order chi connectivity index (χ1) is 10.3. The number of hydrogen-bond acceptors (Lipinski definition) is 3. The third-order valence-corrected chi connectivity index (χ3v) is 3.86. The number of aryl methyl sites for hydroxylation is 3. The predicted molar refractivity (Wildman–Crippen MR) is 86.2 cm³/mol. The minimum Gasteiger partial charge on any atom is -0.314 e. The fourth-order valence-electron chi connectivity index (χ4n) is 2.55. The van der Waals surface area contributed by atoms with E-state index in [9.17, 15) is 0 Å². The van der Waals surface area contributed by atoms with Gasteiger partial charge in [-0.1, -0.05) is 13.0 Å². The lowest BCUT2D eigenvalue weighted by Gasteiger charge is -2.18. The van der Waals surface area contributed by atoms with Gasteiger partial charge in [0.15, 0.2) is 0 Å². The summed E-state index contributed by atoms with van der Waals surface area (Å²) in [5, 5.41) is 7.91. The third-order valence-electron chi connectivity index (χ3n) is 3.86. The summed E-state index contributed by atoms with van der Waals surface area (Å²) in [5.74, 6) is 0. The summed E-state index contributed by atoms with van der Waals surface area (Å²) < 4.78 is 1.97. The number of pyridine rings is 1. The predicted octanol–water partition coefficient (Wildman–Crippen LogP) is 2.75. The Hall–Kier alpha value is -1.68. The standard InChI is InChI=1S/C17H26N4/c1-3-11-19-16(7-6-15-5-4-12-18-14-15)8-9-17-10-13-20-21(17)2/h4-5,10,12-14,16,19H,3,6-9,11H2,1-2H3. The molecule has 0 aliphatic rings. The van der Waals surface area contributed by atoms with Crippen LogP contribution in [0.4, 0.5) is 0 Å². The molecule has 2 aromatic rings. The van der Waals surface area contributed by atoms with E-state index < -0.39 is 0 Å². The molecule has 0 radical (unpaired) electrons. The molecule has 0 bridgehead atoms. The van der Waals surface area contributed by atoms with E-state index in [1.807, 2.05) is 36.4 Å². The van der Waals surface area contributed by atoms with E-state index in [1.54, 1.807) is 0 Å². The van der Waals surface area contributed by atoms with Gasteiger partial charge in [-0.25, -0.2) is 0 Å². The molecule has 0 saturated heterocycles. The van der Waals surface area contributed by atoms with Crippen molar-refractivity contribution in [3.05, 3.63) is 48.0 Å². The fourth-order valence-corrected chi connectivity index (χ4v) is 2.55. The molecule has 2 rings (SSSR count). The normalized spacial score (nSPS) is 12.5. The SMILES string of the molecule is CCCNC(CCc1cccnc1)CCc1ccnn1C. The maximum Gasteiger partial charge on any atom is 0.0492 e. The first-order valence-electron chi connectivity index (χ1n) is 7.88. The van der Waals surface area contributed by atoms with Gasteiger partial charge < -0.3 is 5.32 Å². The number of aromatic nitrogens is 3. The number of hydrogen-bond donors (Lipinski definition) is 1. The fraction of sp³-hybridized carbons (Fsp3) is 0.529. The van der Waals surface area contributed by atoms with Crippen LogP contribution in [0.15, 0.2) is 36.8 Å². The van der Waals surface area contributed by atoms with Crippen LogP contribution in [0.3, 0.4) is 0 Å². The molecule has 0 aliphatic carbocycles. The van der Waals surface area contributed by atoms with E-state index in [1.165, 1.54) is 17.7 Å². The molecular formula is C17H26N4. The zero-order valence-corrected chi connectivity index (χ0v) is 13.1. The van der Waals surface area contributed by atoms with Crippen LogP contribution in [-0.2, 0) is 19.9 Å². The van der Waals surface area contributed by atoms with Crippen LogP contribution < -0.4 is 5.32 Å². The molecule has 0 saturated carbocycles. The van der Waals surface area contributed by atoms with Crippen molar-refractivity contribution in [2.75, 3.05) is 6.54 Å². The molecule has 21 heavy (non-hydrogen) atoms. The minimum absolute atomic E-state index is 0.556. The topological polar surface area (TPSA) is 42.7 Å². The Bertz CT molecular complexity index is 507. The van der Waals surface area contributed by atoms with Gasteiger partial charge >= 0.3 is 0 Å². The number of nitrogens with zero attached hydrogens (tertiary/aromatic N) is 3. The van der Waals surface area contributed by atoms with Crippen LogP contribution in [0.1, 0.15) is 37.4 Å². The zero-order valence-electron chi connectivity index (χ0n) is 13.1. The second kappa shape index (κ2) is 8.57. The Labute approximate surface area is 127 Å². The van der Waals surface area contributed by atoms with E-state index in [2.05, 4.69) is 34.5 Å². The Morgan fingerprint density at radius 3 is 2.71 bits per heavy atom. The first-order valence-corrected chi connectivity index (χ1v) is 7.88. The molecule has 0 aliphatic heterocycles. The highest BCUT2D eigenvalue weighted by atomic mass is 15.2. The Morgan fingerprint density at radius 2 is 2.05 bits per heavy atom. The zero-order chi connectivity index (χ0) is 14.9. The molecule has 4 nitrogen and oxygen atoms in total. The highest BCUT2D eigenvalue weighted by Crippen LogP contribution is 2.10. The van der Waals surface area contributed by atoms with E-state index in [0.717, 1.165) is 32.2 Å². The Balaban J connectivity index is 1.83. The van der Waals surface area contributed by atoms with Crippen LogP contribution in [0, 0.1) is 0 Å². The molecule has 1 unspecified atom stereocenters. The van der Waals surface area contributed by atoms with Crippen LogP contribution in [-0.4, -0.2) is 27.4 Å². The van der Waals surface area contributed by atoms with Crippen LogP contribution in [0.5, 0.6) is 0 Å². The van der Waals surface area contributed by atoms with Gasteiger partial charge in [-0.3, -0.25) is 9.67 Å². The van der Waals surface area contributed by atoms with Crippen molar-refractivity contribution in [2.45, 2.75) is 45.1 Å². The summed E-state index contributed by atoms with van der Waals surface area (Å²) in [4.78, 5) is 4.19. The van der Waals surface area contributed by atoms with Gasteiger partial charge in [0.1, 0.15) is 0 Å². The third kappa shape index (κ3) is 5.31. The van der Waals surface area contributed by atoms with Crippen molar-refractivity contribution >= 4 is 0 Å².